The maximum Gasteiger partial charge on any atom is 0.0192 e. The SMILES string of the molecule is CC(C)C1CCC(NCC(C)N2CCCC2)CC1. The molecule has 1 atom stereocenters. The Morgan fingerprint density at radius 3 is 2.17 bits per heavy atom. The Morgan fingerprint density at radius 1 is 1.00 bits per heavy atom. The third-order valence-corrected chi connectivity index (χ3v) is 5.18. The van der Waals surface area contributed by atoms with Crippen LogP contribution >= 0.6 is 0 Å². The summed E-state index contributed by atoms with van der Waals surface area (Å²) in [6, 6.07) is 1.53. The molecule has 1 saturated carbocycles. The highest BCUT2D eigenvalue weighted by Crippen LogP contribution is 2.29. The zero-order valence-corrected chi connectivity index (χ0v) is 12.6. The normalized spacial score (nSPS) is 32.0. The lowest BCUT2D eigenvalue weighted by Crippen LogP contribution is -2.43. The summed E-state index contributed by atoms with van der Waals surface area (Å²) in [5.74, 6) is 1.87. The van der Waals surface area contributed by atoms with E-state index in [0.29, 0.717) is 0 Å². The molecule has 106 valence electrons. The quantitative estimate of drug-likeness (QED) is 0.808. The molecular weight excluding hydrogens is 220 g/mol. The van der Waals surface area contributed by atoms with Crippen LogP contribution in [0.3, 0.4) is 0 Å². The van der Waals surface area contributed by atoms with E-state index in [1.165, 1.54) is 58.2 Å². The van der Waals surface area contributed by atoms with Crippen molar-refractivity contribution in [1.82, 2.24) is 10.2 Å². The molecule has 1 unspecified atom stereocenters. The third kappa shape index (κ3) is 3.96. The fourth-order valence-electron chi connectivity index (χ4n) is 3.64. The Balaban J connectivity index is 1.62. The Bertz CT molecular complexity index is 225. The summed E-state index contributed by atoms with van der Waals surface area (Å²) in [5, 5.41) is 3.82. The van der Waals surface area contributed by atoms with Crippen molar-refractivity contribution in [3.63, 3.8) is 0 Å². The molecule has 1 heterocycles. The molecule has 2 nitrogen and oxygen atoms in total. The van der Waals surface area contributed by atoms with Gasteiger partial charge in [0.1, 0.15) is 0 Å². The first kappa shape index (κ1) is 14.3. The predicted molar refractivity (Wildman–Crippen MR) is 78.9 cm³/mol. The maximum atomic E-state index is 3.82. The van der Waals surface area contributed by atoms with E-state index in [1.807, 2.05) is 0 Å². The van der Waals surface area contributed by atoms with Crippen molar-refractivity contribution >= 4 is 0 Å². The van der Waals surface area contributed by atoms with Gasteiger partial charge in [-0.15, -0.1) is 0 Å². The van der Waals surface area contributed by atoms with Gasteiger partial charge < -0.3 is 5.32 Å². The molecule has 0 amide bonds. The molecule has 2 fully saturated rings. The molecule has 1 aliphatic carbocycles. The molecule has 2 heteroatoms. The van der Waals surface area contributed by atoms with Crippen LogP contribution in [0.15, 0.2) is 0 Å². The largest absolute Gasteiger partial charge is 0.312 e. The molecule has 1 N–H and O–H groups in total. The van der Waals surface area contributed by atoms with Crippen LogP contribution in [0, 0.1) is 11.8 Å². The lowest BCUT2D eigenvalue weighted by atomic mass is 9.80. The summed E-state index contributed by atoms with van der Waals surface area (Å²) in [4.78, 5) is 2.65. The first-order valence-corrected chi connectivity index (χ1v) is 8.14. The first-order valence-electron chi connectivity index (χ1n) is 8.14. The second-order valence-corrected chi connectivity index (χ2v) is 6.86. The zero-order chi connectivity index (χ0) is 13.0. The molecule has 0 bridgehead atoms. The summed E-state index contributed by atoms with van der Waals surface area (Å²) < 4.78 is 0. The minimum Gasteiger partial charge on any atom is -0.312 e. The van der Waals surface area contributed by atoms with Crippen molar-refractivity contribution in [3.8, 4) is 0 Å². The molecule has 0 aromatic heterocycles. The van der Waals surface area contributed by atoms with Crippen molar-refractivity contribution < 1.29 is 0 Å². The highest BCUT2D eigenvalue weighted by atomic mass is 15.2. The maximum absolute atomic E-state index is 3.82. The van der Waals surface area contributed by atoms with Crippen LogP contribution in [0.5, 0.6) is 0 Å². The minimum absolute atomic E-state index is 0.732. The number of nitrogens with one attached hydrogen (secondary N) is 1. The van der Waals surface area contributed by atoms with E-state index in [9.17, 15) is 0 Å². The Kier molecular flexibility index (Phi) is 5.50. The standard InChI is InChI=1S/C16H32N2/c1-13(2)15-6-8-16(9-7-15)17-12-14(3)18-10-4-5-11-18/h13-17H,4-12H2,1-3H3. The number of nitrogens with zero attached hydrogens (tertiary/aromatic N) is 1. The summed E-state index contributed by atoms with van der Waals surface area (Å²) in [5.41, 5.74) is 0. The summed E-state index contributed by atoms with van der Waals surface area (Å²) in [6.45, 7) is 11.0. The van der Waals surface area contributed by atoms with Gasteiger partial charge in [0, 0.05) is 18.6 Å². The molecular formula is C16H32N2. The second-order valence-electron chi connectivity index (χ2n) is 6.86. The number of rotatable bonds is 5. The van der Waals surface area contributed by atoms with E-state index in [-0.39, 0.29) is 0 Å². The predicted octanol–water partition coefficient (Wildman–Crippen LogP) is 3.28. The van der Waals surface area contributed by atoms with E-state index >= 15 is 0 Å². The van der Waals surface area contributed by atoms with Crippen LogP contribution in [0.2, 0.25) is 0 Å². The van der Waals surface area contributed by atoms with Gasteiger partial charge in [-0.25, -0.2) is 0 Å². The van der Waals surface area contributed by atoms with Gasteiger partial charge in [-0.05, 0) is 70.4 Å². The molecule has 2 aliphatic rings. The van der Waals surface area contributed by atoms with Gasteiger partial charge in [0.15, 0.2) is 0 Å². The Labute approximate surface area is 114 Å². The number of hydrogen-bond donors (Lipinski definition) is 1. The smallest absolute Gasteiger partial charge is 0.0192 e. The average Bonchev–Trinajstić information content (AvgIpc) is 2.90. The fourth-order valence-corrected chi connectivity index (χ4v) is 3.64. The van der Waals surface area contributed by atoms with Crippen LogP contribution < -0.4 is 5.32 Å². The molecule has 0 radical (unpaired) electrons. The van der Waals surface area contributed by atoms with Gasteiger partial charge >= 0.3 is 0 Å². The van der Waals surface area contributed by atoms with Gasteiger partial charge in [-0.1, -0.05) is 13.8 Å². The topological polar surface area (TPSA) is 15.3 Å². The number of hydrogen-bond acceptors (Lipinski definition) is 2. The van der Waals surface area contributed by atoms with Crippen LogP contribution in [0.25, 0.3) is 0 Å². The Morgan fingerprint density at radius 2 is 1.61 bits per heavy atom. The van der Waals surface area contributed by atoms with Crippen LogP contribution in [-0.2, 0) is 0 Å². The molecule has 0 spiro atoms. The van der Waals surface area contributed by atoms with E-state index < -0.39 is 0 Å². The monoisotopic (exact) mass is 252 g/mol. The Hall–Kier alpha value is -0.0800. The van der Waals surface area contributed by atoms with E-state index in [4.69, 9.17) is 0 Å². The highest BCUT2D eigenvalue weighted by Gasteiger charge is 2.24. The van der Waals surface area contributed by atoms with E-state index in [2.05, 4.69) is 31.0 Å². The summed E-state index contributed by atoms with van der Waals surface area (Å²) in [6.07, 6.45) is 8.49. The van der Waals surface area contributed by atoms with Gasteiger partial charge in [0.05, 0.1) is 0 Å². The van der Waals surface area contributed by atoms with E-state index in [1.54, 1.807) is 0 Å². The van der Waals surface area contributed by atoms with Gasteiger partial charge in [0.2, 0.25) is 0 Å². The highest BCUT2D eigenvalue weighted by molar-refractivity contribution is 4.81. The van der Waals surface area contributed by atoms with Crippen molar-refractivity contribution in [2.45, 2.75) is 71.4 Å². The van der Waals surface area contributed by atoms with Crippen LogP contribution in [0.1, 0.15) is 59.3 Å². The van der Waals surface area contributed by atoms with Crippen molar-refractivity contribution in [2.24, 2.45) is 11.8 Å². The number of likely N-dealkylation sites (tertiary alicyclic amines) is 1. The zero-order valence-electron chi connectivity index (χ0n) is 12.6. The van der Waals surface area contributed by atoms with Crippen molar-refractivity contribution in [1.29, 1.82) is 0 Å². The van der Waals surface area contributed by atoms with Crippen LogP contribution in [0.4, 0.5) is 0 Å². The molecule has 0 aromatic carbocycles. The lowest BCUT2D eigenvalue weighted by Gasteiger charge is -2.33. The van der Waals surface area contributed by atoms with Crippen LogP contribution in [-0.4, -0.2) is 36.6 Å². The summed E-state index contributed by atoms with van der Waals surface area (Å²) in [7, 11) is 0. The summed E-state index contributed by atoms with van der Waals surface area (Å²) >= 11 is 0. The van der Waals surface area contributed by atoms with Gasteiger partial charge in [-0.2, -0.15) is 0 Å². The molecule has 18 heavy (non-hydrogen) atoms. The lowest BCUT2D eigenvalue weighted by molar-refractivity contribution is 0.211. The second kappa shape index (κ2) is 6.91. The van der Waals surface area contributed by atoms with Gasteiger partial charge in [-0.3, -0.25) is 4.90 Å². The molecule has 1 aliphatic heterocycles. The molecule has 2 rings (SSSR count). The fraction of sp³-hybridized carbons (Fsp3) is 1.00. The first-order chi connectivity index (χ1) is 8.66. The minimum atomic E-state index is 0.732. The van der Waals surface area contributed by atoms with Crippen molar-refractivity contribution in [3.05, 3.63) is 0 Å². The van der Waals surface area contributed by atoms with Crippen molar-refractivity contribution in [2.75, 3.05) is 19.6 Å². The molecule has 0 aromatic rings. The van der Waals surface area contributed by atoms with E-state index in [0.717, 1.165) is 23.9 Å². The van der Waals surface area contributed by atoms with Gasteiger partial charge in [0.25, 0.3) is 0 Å². The third-order valence-electron chi connectivity index (χ3n) is 5.18. The molecule has 1 saturated heterocycles. The average molecular weight is 252 g/mol.